The van der Waals surface area contributed by atoms with Gasteiger partial charge in [-0.1, -0.05) is 38.1 Å². The molecule has 0 aliphatic rings. The van der Waals surface area contributed by atoms with Crippen LogP contribution >= 0.6 is 0 Å². The van der Waals surface area contributed by atoms with Crippen molar-refractivity contribution in [1.82, 2.24) is 9.97 Å². The number of nitrogens with two attached hydrogens (primary N) is 1. The lowest BCUT2D eigenvalue weighted by Gasteiger charge is -2.16. The van der Waals surface area contributed by atoms with Gasteiger partial charge in [0.05, 0.1) is 0 Å². The van der Waals surface area contributed by atoms with Gasteiger partial charge < -0.3 is 15.7 Å². The van der Waals surface area contributed by atoms with Crippen molar-refractivity contribution in [3.05, 3.63) is 71.0 Å². The Morgan fingerprint density at radius 3 is 1.78 bits per heavy atom. The van der Waals surface area contributed by atoms with Gasteiger partial charge >= 0.3 is 0 Å². The summed E-state index contributed by atoms with van der Waals surface area (Å²) in [5.74, 6) is 0.344. The number of aromatic nitrogens is 2. The first-order chi connectivity index (χ1) is 13.2. The molecule has 27 heavy (non-hydrogen) atoms. The summed E-state index contributed by atoms with van der Waals surface area (Å²) in [7, 11) is 0. The number of fused-ring (bicyclic) bond motifs is 2. The van der Waals surface area contributed by atoms with Crippen LogP contribution in [0.4, 0.5) is 0 Å². The molecule has 2 aromatic heterocycles. The first-order valence-corrected chi connectivity index (χ1v) is 10.1. The summed E-state index contributed by atoms with van der Waals surface area (Å²) in [6.45, 7) is 5.12. The van der Waals surface area contributed by atoms with Crippen molar-refractivity contribution in [3.8, 4) is 0 Å². The standard InChI is InChI=1S/C24H29N3/c1-3-16-7-9-19-21(14-26-23(19)12-16)18(6-5-11-25)22-15-27-24-13-17(4-2)8-10-20(22)24/h7-10,12-15,18,26-27H,3-6,11,25H2,1-2H3. The van der Waals surface area contributed by atoms with Crippen LogP contribution in [0.2, 0.25) is 0 Å². The Balaban J connectivity index is 1.83. The van der Waals surface area contributed by atoms with Gasteiger partial charge in [0.15, 0.2) is 0 Å². The highest BCUT2D eigenvalue weighted by Gasteiger charge is 2.21. The average Bonchev–Trinajstić information content (AvgIpc) is 3.32. The maximum atomic E-state index is 5.87. The Morgan fingerprint density at radius 2 is 1.33 bits per heavy atom. The molecule has 0 bridgehead atoms. The van der Waals surface area contributed by atoms with Crippen LogP contribution in [-0.4, -0.2) is 16.5 Å². The fourth-order valence-electron chi connectivity index (χ4n) is 4.21. The lowest BCUT2D eigenvalue weighted by Crippen LogP contribution is -2.05. The summed E-state index contributed by atoms with van der Waals surface area (Å²) in [6, 6.07) is 13.6. The molecule has 4 N–H and O–H groups in total. The molecule has 0 fully saturated rings. The highest BCUT2D eigenvalue weighted by Crippen LogP contribution is 2.38. The summed E-state index contributed by atoms with van der Waals surface area (Å²) in [5, 5.41) is 2.66. The molecular formula is C24H29N3. The highest BCUT2D eigenvalue weighted by molar-refractivity contribution is 5.88. The molecular weight excluding hydrogens is 330 g/mol. The van der Waals surface area contributed by atoms with Crippen LogP contribution in [0.25, 0.3) is 21.8 Å². The molecule has 0 amide bonds. The van der Waals surface area contributed by atoms with E-state index in [-0.39, 0.29) is 0 Å². The molecule has 0 atom stereocenters. The van der Waals surface area contributed by atoms with Gasteiger partial charge in [0.2, 0.25) is 0 Å². The Bertz CT molecular complexity index is 972. The zero-order chi connectivity index (χ0) is 18.8. The molecule has 2 heterocycles. The second-order valence-electron chi connectivity index (χ2n) is 7.44. The lowest BCUT2D eigenvalue weighted by molar-refractivity contribution is 0.675. The summed E-state index contributed by atoms with van der Waals surface area (Å²) in [6.07, 6.45) is 8.59. The molecule has 4 aromatic rings. The van der Waals surface area contributed by atoms with Crippen molar-refractivity contribution in [2.75, 3.05) is 6.54 Å². The molecule has 0 aliphatic heterocycles. The van der Waals surface area contributed by atoms with Crippen molar-refractivity contribution in [2.45, 2.75) is 45.4 Å². The monoisotopic (exact) mass is 359 g/mol. The molecule has 4 rings (SSSR count). The van der Waals surface area contributed by atoms with Crippen molar-refractivity contribution in [3.63, 3.8) is 0 Å². The molecule has 0 saturated carbocycles. The van der Waals surface area contributed by atoms with Gasteiger partial charge in [-0.15, -0.1) is 0 Å². The highest BCUT2D eigenvalue weighted by atomic mass is 14.7. The third-order valence-electron chi connectivity index (χ3n) is 5.82. The molecule has 0 radical (unpaired) electrons. The van der Waals surface area contributed by atoms with Gasteiger partial charge in [-0.3, -0.25) is 0 Å². The predicted molar refractivity (Wildman–Crippen MR) is 115 cm³/mol. The van der Waals surface area contributed by atoms with E-state index in [1.807, 2.05) is 0 Å². The quantitative estimate of drug-likeness (QED) is 0.393. The third kappa shape index (κ3) is 3.28. The topological polar surface area (TPSA) is 57.6 Å². The normalized spacial score (nSPS) is 11.9. The number of aromatic amines is 2. The minimum atomic E-state index is 0.344. The van der Waals surface area contributed by atoms with Crippen LogP contribution in [0.15, 0.2) is 48.8 Å². The first-order valence-electron chi connectivity index (χ1n) is 10.1. The molecule has 3 heteroatoms. The fraction of sp³-hybridized carbons (Fsp3) is 0.333. The first kappa shape index (κ1) is 17.9. The van der Waals surface area contributed by atoms with Crippen LogP contribution in [0.1, 0.15) is 54.9 Å². The number of benzene rings is 2. The molecule has 3 nitrogen and oxygen atoms in total. The maximum absolute atomic E-state index is 5.87. The fourth-order valence-corrected chi connectivity index (χ4v) is 4.21. The van der Waals surface area contributed by atoms with Gasteiger partial charge in [0.1, 0.15) is 0 Å². The molecule has 2 aromatic carbocycles. The van der Waals surface area contributed by atoms with Crippen LogP contribution in [0.3, 0.4) is 0 Å². The molecule has 0 aliphatic carbocycles. The average molecular weight is 360 g/mol. The Labute approximate surface area is 161 Å². The molecule has 0 spiro atoms. The molecule has 140 valence electrons. The smallest absolute Gasteiger partial charge is 0.0459 e. The maximum Gasteiger partial charge on any atom is 0.0459 e. The van der Waals surface area contributed by atoms with Crippen LogP contribution in [-0.2, 0) is 12.8 Å². The van der Waals surface area contributed by atoms with Crippen LogP contribution in [0.5, 0.6) is 0 Å². The van der Waals surface area contributed by atoms with Gasteiger partial charge in [-0.05, 0) is 66.6 Å². The van der Waals surface area contributed by atoms with Gasteiger partial charge in [0, 0.05) is 40.1 Å². The molecule has 0 saturated heterocycles. The second kappa shape index (κ2) is 7.61. The van der Waals surface area contributed by atoms with Crippen molar-refractivity contribution < 1.29 is 0 Å². The Kier molecular flexibility index (Phi) is 5.04. The summed E-state index contributed by atoms with van der Waals surface area (Å²) >= 11 is 0. The zero-order valence-corrected chi connectivity index (χ0v) is 16.3. The minimum absolute atomic E-state index is 0.344. The van der Waals surface area contributed by atoms with E-state index < -0.39 is 0 Å². The van der Waals surface area contributed by atoms with Crippen molar-refractivity contribution in [2.24, 2.45) is 5.73 Å². The lowest BCUT2D eigenvalue weighted by atomic mass is 9.86. The predicted octanol–water partition coefficient (Wildman–Crippen LogP) is 5.64. The van der Waals surface area contributed by atoms with E-state index in [4.69, 9.17) is 5.73 Å². The van der Waals surface area contributed by atoms with Gasteiger partial charge in [-0.25, -0.2) is 0 Å². The number of H-pyrrole nitrogens is 2. The Morgan fingerprint density at radius 1 is 0.815 bits per heavy atom. The van der Waals surface area contributed by atoms with E-state index in [1.165, 1.54) is 44.1 Å². The number of aryl methyl sites for hydroxylation is 2. The number of hydrogen-bond acceptors (Lipinski definition) is 1. The summed E-state index contributed by atoms with van der Waals surface area (Å²) < 4.78 is 0. The minimum Gasteiger partial charge on any atom is -0.361 e. The van der Waals surface area contributed by atoms with Gasteiger partial charge in [-0.2, -0.15) is 0 Å². The van der Waals surface area contributed by atoms with Crippen LogP contribution < -0.4 is 5.73 Å². The van der Waals surface area contributed by atoms with E-state index in [2.05, 4.69) is 72.6 Å². The molecule has 0 unspecified atom stereocenters. The Hall–Kier alpha value is -2.52. The summed E-state index contributed by atoms with van der Waals surface area (Å²) in [5.41, 5.74) is 13.8. The van der Waals surface area contributed by atoms with Gasteiger partial charge in [0.25, 0.3) is 0 Å². The summed E-state index contributed by atoms with van der Waals surface area (Å²) in [4.78, 5) is 7.01. The van der Waals surface area contributed by atoms with E-state index in [1.54, 1.807) is 0 Å². The largest absolute Gasteiger partial charge is 0.361 e. The number of rotatable bonds is 7. The van der Waals surface area contributed by atoms with E-state index in [9.17, 15) is 0 Å². The van der Waals surface area contributed by atoms with E-state index in [0.29, 0.717) is 5.92 Å². The second-order valence-corrected chi connectivity index (χ2v) is 7.44. The number of hydrogen-bond donors (Lipinski definition) is 3. The van der Waals surface area contributed by atoms with E-state index >= 15 is 0 Å². The van der Waals surface area contributed by atoms with Crippen LogP contribution in [0, 0.1) is 0 Å². The number of nitrogens with one attached hydrogen (secondary N) is 2. The van der Waals surface area contributed by atoms with Crippen molar-refractivity contribution in [1.29, 1.82) is 0 Å². The van der Waals surface area contributed by atoms with Crippen molar-refractivity contribution >= 4 is 21.8 Å². The third-order valence-corrected chi connectivity index (χ3v) is 5.82. The zero-order valence-electron chi connectivity index (χ0n) is 16.3. The van der Waals surface area contributed by atoms with E-state index in [0.717, 1.165) is 32.2 Å². The SMILES string of the molecule is CCc1ccc2c(C(CCCN)c3c[nH]c4cc(CC)ccc34)c[nH]c2c1.